The number of hydrogen-bond acceptors (Lipinski definition) is 2. The van der Waals surface area contributed by atoms with Gasteiger partial charge in [0.1, 0.15) is 0 Å². The summed E-state index contributed by atoms with van der Waals surface area (Å²) in [4.78, 5) is 0. The van der Waals surface area contributed by atoms with Gasteiger partial charge in [-0.25, -0.2) is 0 Å². The number of nitrogens with two attached hydrogens (primary N) is 1. The Bertz CT molecular complexity index is 258. The van der Waals surface area contributed by atoms with Crippen LogP contribution in [0.25, 0.3) is 0 Å². The quantitative estimate of drug-likeness (QED) is 0.516. The van der Waals surface area contributed by atoms with Crippen LogP contribution in [0.1, 0.15) is 19.3 Å². The molecule has 0 bridgehead atoms. The van der Waals surface area contributed by atoms with Crippen molar-refractivity contribution >= 4 is 0 Å². The van der Waals surface area contributed by atoms with E-state index in [4.69, 9.17) is 5.73 Å². The predicted octanol–water partition coefficient (Wildman–Crippen LogP) is 0.104. The molecule has 4 saturated carbocycles. The molecule has 11 heavy (non-hydrogen) atoms. The zero-order chi connectivity index (χ0) is 7.43. The highest BCUT2D eigenvalue weighted by Crippen LogP contribution is 2.88. The highest BCUT2D eigenvalue weighted by atomic mass is 16.3. The van der Waals surface area contributed by atoms with Gasteiger partial charge >= 0.3 is 0 Å². The lowest BCUT2D eigenvalue weighted by atomic mass is 9.15. The molecule has 0 radical (unpaired) electrons. The van der Waals surface area contributed by atoms with Gasteiger partial charge < -0.3 is 10.8 Å². The van der Waals surface area contributed by atoms with Gasteiger partial charge in [-0.05, 0) is 37.0 Å². The molecule has 0 aromatic heterocycles. The molecule has 6 atom stereocenters. The first-order valence-electron chi connectivity index (χ1n) is 4.68. The normalized spacial score (nSPS) is 81.3. The van der Waals surface area contributed by atoms with Crippen molar-refractivity contribution in [3.8, 4) is 0 Å². The van der Waals surface area contributed by atoms with Gasteiger partial charge in [0.2, 0.25) is 0 Å². The lowest BCUT2D eigenvalue weighted by Crippen LogP contribution is -2.94. The van der Waals surface area contributed by atoms with E-state index in [0.29, 0.717) is 23.3 Å². The molecule has 0 aromatic carbocycles. The average Bonchev–Trinajstić information content (AvgIpc) is 1.90. The van der Waals surface area contributed by atoms with Crippen molar-refractivity contribution in [1.82, 2.24) is 0 Å². The topological polar surface area (TPSA) is 46.2 Å². The average molecular weight is 151 g/mol. The van der Waals surface area contributed by atoms with E-state index in [9.17, 15) is 5.11 Å². The van der Waals surface area contributed by atoms with Gasteiger partial charge in [0, 0.05) is 11.5 Å². The smallest absolute Gasteiger partial charge is 0.0719 e. The van der Waals surface area contributed by atoms with Crippen LogP contribution in [0.2, 0.25) is 0 Å². The molecule has 2 nitrogen and oxygen atoms in total. The van der Waals surface area contributed by atoms with E-state index >= 15 is 0 Å². The lowest BCUT2D eigenvalue weighted by Gasteiger charge is -2.91. The maximum absolute atomic E-state index is 10.0. The Morgan fingerprint density at radius 1 is 1.27 bits per heavy atom. The predicted molar refractivity (Wildman–Crippen MR) is 39.7 cm³/mol. The molecule has 60 valence electrons. The van der Waals surface area contributed by atoms with Crippen LogP contribution in [-0.2, 0) is 0 Å². The van der Waals surface area contributed by atoms with E-state index in [-0.39, 0.29) is 5.60 Å². The molecule has 0 heterocycles. The monoisotopic (exact) mass is 151 g/mol. The fourth-order valence-electron chi connectivity index (χ4n) is 4.95. The van der Waals surface area contributed by atoms with Crippen LogP contribution < -0.4 is 5.73 Å². The molecule has 1 spiro atoms. The number of hydrogen-bond donors (Lipinski definition) is 2. The highest BCUT2D eigenvalue weighted by molar-refractivity contribution is 5.40. The third kappa shape index (κ3) is 0.260. The van der Waals surface area contributed by atoms with Gasteiger partial charge in [0.15, 0.2) is 0 Å². The van der Waals surface area contributed by atoms with Gasteiger partial charge in [-0.3, -0.25) is 0 Å². The highest BCUT2D eigenvalue weighted by Gasteiger charge is 2.90. The van der Waals surface area contributed by atoms with Crippen molar-refractivity contribution in [2.45, 2.75) is 30.9 Å². The Balaban J connectivity index is 1.83. The molecule has 4 rings (SSSR count). The Morgan fingerprint density at radius 3 is 2.55 bits per heavy atom. The minimum absolute atomic E-state index is 0.221. The van der Waals surface area contributed by atoms with E-state index in [2.05, 4.69) is 0 Å². The molecule has 6 unspecified atom stereocenters. The molecule has 4 aliphatic carbocycles. The second kappa shape index (κ2) is 1.09. The molecule has 0 amide bonds. The summed E-state index contributed by atoms with van der Waals surface area (Å²) in [6, 6.07) is 0.451. The maximum atomic E-state index is 10.0. The first-order valence-corrected chi connectivity index (χ1v) is 4.68. The second-order valence-electron chi connectivity index (χ2n) is 5.10. The third-order valence-corrected chi connectivity index (χ3v) is 5.32. The Labute approximate surface area is 65.8 Å². The minimum Gasteiger partial charge on any atom is -0.389 e. The van der Waals surface area contributed by atoms with Crippen molar-refractivity contribution in [3.05, 3.63) is 0 Å². The zero-order valence-corrected chi connectivity index (χ0v) is 6.46. The van der Waals surface area contributed by atoms with Crippen LogP contribution in [0.4, 0.5) is 0 Å². The first kappa shape index (κ1) is 5.55. The van der Waals surface area contributed by atoms with Crippen molar-refractivity contribution < 1.29 is 5.11 Å². The van der Waals surface area contributed by atoms with Crippen LogP contribution in [0.15, 0.2) is 0 Å². The van der Waals surface area contributed by atoms with Crippen LogP contribution in [0.5, 0.6) is 0 Å². The lowest BCUT2D eigenvalue weighted by molar-refractivity contribution is -0.456. The van der Waals surface area contributed by atoms with Crippen molar-refractivity contribution in [1.29, 1.82) is 0 Å². The van der Waals surface area contributed by atoms with Gasteiger partial charge in [-0.15, -0.1) is 0 Å². The van der Waals surface area contributed by atoms with E-state index in [1.54, 1.807) is 0 Å². The Kier molecular flexibility index (Phi) is 0.549. The van der Waals surface area contributed by atoms with E-state index in [1.807, 2.05) is 0 Å². The van der Waals surface area contributed by atoms with Gasteiger partial charge in [0.05, 0.1) is 5.60 Å². The number of rotatable bonds is 0. The number of aliphatic hydroxyl groups is 1. The maximum Gasteiger partial charge on any atom is 0.0719 e. The zero-order valence-electron chi connectivity index (χ0n) is 6.46. The van der Waals surface area contributed by atoms with Gasteiger partial charge in [-0.2, -0.15) is 0 Å². The molecular weight excluding hydrogens is 138 g/mol. The van der Waals surface area contributed by atoms with Crippen LogP contribution in [-0.4, -0.2) is 16.7 Å². The molecule has 3 N–H and O–H groups in total. The minimum atomic E-state index is -0.221. The SMILES string of the molecule is NC1C2CC3CC4(O)CC1C324. The van der Waals surface area contributed by atoms with Crippen molar-refractivity contribution in [2.75, 3.05) is 0 Å². The van der Waals surface area contributed by atoms with Crippen LogP contribution in [0.3, 0.4) is 0 Å². The van der Waals surface area contributed by atoms with Gasteiger partial charge in [-0.1, -0.05) is 0 Å². The van der Waals surface area contributed by atoms with Gasteiger partial charge in [0.25, 0.3) is 0 Å². The fraction of sp³-hybridized carbons (Fsp3) is 1.00. The summed E-state index contributed by atoms with van der Waals surface area (Å²) < 4.78 is 0. The fourth-order valence-corrected chi connectivity index (χ4v) is 4.95. The summed E-state index contributed by atoms with van der Waals surface area (Å²) >= 11 is 0. The Hall–Kier alpha value is -0.0800. The summed E-state index contributed by atoms with van der Waals surface area (Å²) in [5.74, 6) is 2.30. The standard InChI is InChI=1S/C9H13NO/c10-7-5-1-4-2-8(11)3-6(7)9(4,5)8/h4-7,11H,1-3,10H2. The van der Waals surface area contributed by atoms with E-state index in [0.717, 1.165) is 18.8 Å². The van der Waals surface area contributed by atoms with Crippen LogP contribution >= 0.6 is 0 Å². The van der Waals surface area contributed by atoms with E-state index < -0.39 is 0 Å². The molecule has 4 aliphatic rings. The molecule has 4 fully saturated rings. The summed E-state index contributed by atoms with van der Waals surface area (Å²) in [6.07, 6.45) is 3.42. The summed E-state index contributed by atoms with van der Waals surface area (Å²) in [6.45, 7) is 0. The molecule has 2 heteroatoms. The molecular formula is C9H13NO. The van der Waals surface area contributed by atoms with Crippen LogP contribution in [0, 0.1) is 23.2 Å². The second-order valence-corrected chi connectivity index (χ2v) is 5.10. The first-order chi connectivity index (χ1) is 5.20. The van der Waals surface area contributed by atoms with Crippen molar-refractivity contribution in [3.63, 3.8) is 0 Å². The largest absolute Gasteiger partial charge is 0.389 e. The molecule has 0 aromatic rings. The Morgan fingerprint density at radius 2 is 2.09 bits per heavy atom. The summed E-state index contributed by atoms with van der Waals surface area (Å²) in [7, 11) is 0. The summed E-state index contributed by atoms with van der Waals surface area (Å²) in [5, 5.41) is 10.0. The summed E-state index contributed by atoms with van der Waals surface area (Å²) in [5.41, 5.74) is 6.15. The van der Waals surface area contributed by atoms with E-state index in [1.165, 1.54) is 6.42 Å². The molecule has 0 saturated heterocycles. The van der Waals surface area contributed by atoms with Crippen molar-refractivity contribution in [2.24, 2.45) is 28.9 Å². The molecule has 0 aliphatic heterocycles. The third-order valence-electron chi connectivity index (χ3n) is 5.32.